The van der Waals surface area contributed by atoms with E-state index in [1.165, 1.54) is 4.90 Å². The first-order valence-electron chi connectivity index (χ1n) is 9.11. The number of aryl methyl sites for hydroxylation is 1. The molecule has 27 heavy (non-hydrogen) atoms. The molecule has 0 unspecified atom stereocenters. The van der Waals surface area contributed by atoms with Gasteiger partial charge in [0.05, 0.1) is 6.54 Å². The van der Waals surface area contributed by atoms with Crippen LogP contribution in [0.1, 0.15) is 18.9 Å². The fourth-order valence-electron chi connectivity index (χ4n) is 2.96. The molecule has 2 aromatic rings. The second-order valence-corrected chi connectivity index (χ2v) is 6.49. The van der Waals surface area contributed by atoms with E-state index in [0.29, 0.717) is 18.0 Å². The molecule has 0 radical (unpaired) electrons. The fraction of sp³-hybridized carbons (Fsp3) is 0.333. The lowest BCUT2D eigenvalue weighted by molar-refractivity contribution is -0.143. The van der Waals surface area contributed by atoms with Gasteiger partial charge in [-0.2, -0.15) is 0 Å². The lowest BCUT2D eigenvalue weighted by Gasteiger charge is -2.30. The Labute approximate surface area is 159 Å². The summed E-state index contributed by atoms with van der Waals surface area (Å²) in [5, 5.41) is 2.87. The molecule has 6 nitrogen and oxygen atoms in total. The minimum Gasteiger partial charge on any atom is -0.485 e. The number of hydrogen-bond acceptors (Lipinski definition) is 4. The quantitative estimate of drug-likeness (QED) is 0.851. The number of carbonyl (C=O) groups is 2. The van der Waals surface area contributed by atoms with Crippen molar-refractivity contribution in [2.24, 2.45) is 0 Å². The zero-order valence-corrected chi connectivity index (χ0v) is 15.6. The van der Waals surface area contributed by atoms with Crippen molar-refractivity contribution in [3.8, 4) is 11.5 Å². The standard InChI is InChI=1S/C21H24N2O4/c1-3-12-23(13-20(24)22-16-9-5-4-8-15(16)2)21(25)19-14-26-17-10-6-7-11-18(17)27-19/h4-11,19H,3,12-14H2,1-2H3,(H,22,24)/t19-/m0/s1. The Hall–Kier alpha value is -3.02. The van der Waals surface area contributed by atoms with Crippen LogP contribution in [0.5, 0.6) is 11.5 Å². The molecule has 0 saturated heterocycles. The van der Waals surface area contributed by atoms with E-state index in [1.807, 2.05) is 50.2 Å². The van der Waals surface area contributed by atoms with E-state index in [0.717, 1.165) is 17.7 Å². The first-order chi connectivity index (χ1) is 13.1. The average molecular weight is 368 g/mol. The van der Waals surface area contributed by atoms with E-state index < -0.39 is 6.10 Å². The van der Waals surface area contributed by atoms with E-state index in [4.69, 9.17) is 9.47 Å². The van der Waals surface area contributed by atoms with Crippen LogP contribution in [-0.2, 0) is 9.59 Å². The van der Waals surface area contributed by atoms with Gasteiger partial charge in [-0.15, -0.1) is 0 Å². The maximum absolute atomic E-state index is 12.9. The summed E-state index contributed by atoms with van der Waals surface area (Å²) in [7, 11) is 0. The van der Waals surface area contributed by atoms with Gasteiger partial charge in [-0.25, -0.2) is 0 Å². The molecule has 1 aliphatic rings. The zero-order valence-electron chi connectivity index (χ0n) is 15.6. The highest BCUT2D eigenvalue weighted by Gasteiger charge is 2.31. The second-order valence-electron chi connectivity index (χ2n) is 6.49. The van der Waals surface area contributed by atoms with Gasteiger partial charge in [0, 0.05) is 12.2 Å². The van der Waals surface area contributed by atoms with E-state index in [9.17, 15) is 9.59 Å². The molecule has 2 amide bonds. The van der Waals surface area contributed by atoms with E-state index in [1.54, 1.807) is 12.1 Å². The van der Waals surface area contributed by atoms with Crippen molar-refractivity contribution >= 4 is 17.5 Å². The van der Waals surface area contributed by atoms with Crippen LogP contribution >= 0.6 is 0 Å². The normalized spacial score (nSPS) is 15.1. The Morgan fingerprint density at radius 1 is 1.11 bits per heavy atom. The van der Waals surface area contributed by atoms with Crippen molar-refractivity contribution < 1.29 is 19.1 Å². The van der Waals surface area contributed by atoms with Crippen LogP contribution in [0.4, 0.5) is 5.69 Å². The first-order valence-corrected chi connectivity index (χ1v) is 9.11. The van der Waals surface area contributed by atoms with Gasteiger partial charge in [-0.05, 0) is 37.1 Å². The summed E-state index contributed by atoms with van der Waals surface area (Å²) < 4.78 is 11.4. The maximum atomic E-state index is 12.9. The summed E-state index contributed by atoms with van der Waals surface area (Å²) in [6.07, 6.45) is -0.00852. The zero-order chi connectivity index (χ0) is 19.2. The Bertz CT molecular complexity index is 821. The van der Waals surface area contributed by atoms with E-state index >= 15 is 0 Å². The molecule has 3 rings (SSSR count). The minimum absolute atomic E-state index is 0.0253. The van der Waals surface area contributed by atoms with Crippen molar-refractivity contribution in [3.63, 3.8) is 0 Å². The van der Waals surface area contributed by atoms with Crippen LogP contribution in [0.2, 0.25) is 0 Å². The molecule has 1 heterocycles. The summed E-state index contributed by atoms with van der Waals surface area (Å²) in [5.74, 6) is 0.693. The van der Waals surface area contributed by atoms with Gasteiger partial charge in [-0.3, -0.25) is 9.59 Å². The van der Waals surface area contributed by atoms with Crippen LogP contribution in [-0.4, -0.2) is 42.5 Å². The number of amides is 2. The van der Waals surface area contributed by atoms with Crippen LogP contribution in [0.25, 0.3) is 0 Å². The number of fused-ring (bicyclic) bond motifs is 1. The molecular formula is C21H24N2O4. The van der Waals surface area contributed by atoms with Gasteiger partial charge in [0.15, 0.2) is 11.5 Å². The van der Waals surface area contributed by atoms with Gasteiger partial charge >= 0.3 is 0 Å². The number of nitrogens with one attached hydrogen (secondary N) is 1. The van der Waals surface area contributed by atoms with Gasteiger partial charge < -0.3 is 19.7 Å². The number of anilines is 1. The highest BCUT2D eigenvalue weighted by Crippen LogP contribution is 2.31. The van der Waals surface area contributed by atoms with Crippen LogP contribution in [0.15, 0.2) is 48.5 Å². The predicted molar refractivity (Wildman–Crippen MR) is 103 cm³/mol. The number of para-hydroxylation sites is 3. The molecule has 2 aromatic carbocycles. The number of rotatable bonds is 6. The van der Waals surface area contributed by atoms with Gasteiger partial charge in [0.2, 0.25) is 12.0 Å². The Kier molecular flexibility index (Phi) is 5.96. The molecular weight excluding hydrogens is 344 g/mol. The smallest absolute Gasteiger partial charge is 0.267 e. The molecule has 6 heteroatoms. The second kappa shape index (κ2) is 8.58. The van der Waals surface area contributed by atoms with Crippen molar-refractivity contribution in [3.05, 3.63) is 54.1 Å². The van der Waals surface area contributed by atoms with Crippen molar-refractivity contribution in [2.75, 3.05) is 25.0 Å². The molecule has 1 N–H and O–H groups in total. The van der Waals surface area contributed by atoms with Gasteiger partial charge in [-0.1, -0.05) is 37.3 Å². The third kappa shape index (κ3) is 4.58. The summed E-state index contributed by atoms with van der Waals surface area (Å²) in [6, 6.07) is 14.8. The third-order valence-electron chi connectivity index (χ3n) is 4.34. The number of ether oxygens (including phenoxy) is 2. The van der Waals surface area contributed by atoms with E-state index in [2.05, 4.69) is 5.32 Å². The Morgan fingerprint density at radius 3 is 2.56 bits per heavy atom. The van der Waals surface area contributed by atoms with Crippen LogP contribution < -0.4 is 14.8 Å². The molecule has 0 aromatic heterocycles. The van der Waals surface area contributed by atoms with Crippen molar-refractivity contribution in [1.29, 1.82) is 0 Å². The molecule has 0 aliphatic carbocycles. The highest BCUT2D eigenvalue weighted by molar-refractivity contribution is 5.95. The van der Waals surface area contributed by atoms with Crippen LogP contribution in [0, 0.1) is 6.92 Å². The molecule has 0 spiro atoms. The minimum atomic E-state index is -0.752. The molecule has 1 atom stereocenters. The summed E-state index contributed by atoms with van der Waals surface area (Å²) in [6.45, 7) is 4.47. The molecule has 0 saturated carbocycles. The Balaban J connectivity index is 1.65. The molecule has 0 bridgehead atoms. The number of hydrogen-bond donors (Lipinski definition) is 1. The number of nitrogens with zero attached hydrogens (tertiary/aromatic N) is 1. The lowest BCUT2D eigenvalue weighted by atomic mass is 10.2. The number of carbonyl (C=O) groups excluding carboxylic acids is 2. The third-order valence-corrected chi connectivity index (χ3v) is 4.34. The largest absolute Gasteiger partial charge is 0.485 e. The van der Waals surface area contributed by atoms with Crippen molar-refractivity contribution in [2.45, 2.75) is 26.4 Å². The van der Waals surface area contributed by atoms with Crippen LogP contribution in [0.3, 0.4) is 0 Å². The molecule has 142 valence electrons. The monoisotopic (exact) mass is 368 g/mol. The highest BCUT2D eigenvalue weighted by atomic mass is 16.6. The summed E-state index contributed by atoms with van der Waals surface area (Å²) in [5.41, 5.74) is 1.72. The average Bonchev–Trinajstić information content (AvgIpc) is 2.68. The van der Waals surface area contributed by atoms with Gasteiger partial charge in [0.1, 0.15) is 6.61 Å². The lowest BCUT2D eigenvalue weighted by Crippen LogP contribution is -2.49. The SMILES string of the molecule is CCCN(CC(=O)Nc1ccccc1C)C(=O)[C@@H]1COc2ccccc2O1. The molecule has 0 fully saturated rings. The number of benzene rings is 2. The van der Waals surface area contributed by atoms with E-state index in [-0.39, 0.29) is 25.0 Å². The summed E-state index contributed by atoms with van der Waals surface area (Å²) in [4.78, 5) is 26.9. The van der Waals surface area contributed by atoms with Crippen molar-refractivity contribution in [1.82, 2.24) is 4.90 Å². The first kappa shape index (κ1) is 18.8. The maximum Gasteiger partial charge on any atom is 0.267 e. The van der Waals surface area contributed by atoms with Gasteiger partial charge in [0.25, 0.3) is 5.91 Å². The molecule has 1 aliphatic heterocycles. The fourth-order valence-corrected chi connectivity index (χ4v) is 2.96. The predicted octanol–water partition coefficient (Wildman–Crippen LogP) is 3.01. The topological polar surface area (TPSA) is 67.9 Å². The summed E-state index contributed by atoms with van der Waals surface area (Å²) >= 11 is 0. The Morgan fingerprint density at radius 2 is 1.81 bits per heavy atom.